The second-order valence-electron chi connectivity index (χ2n) is 5.65. The summed E-state index contributed by atoms with van der Waals surface area (Å²) >= 11 is 0. The Kier molecular flexibility index (Phi) is 2.73. The van der Waals surface area contributed by atoms with Crippen molar-refractivity contribution in [1.29, 1.82) is 0 Å². The highest BCUT2D eigenvalue weighted by Crippen LogP contribution is 2.40. The number of benzene rings is 1. The van der Waals surface area contributed by atoms with E-state index in [1.165, 1.54) is 18.0 Å². The molecule has 0 saturated heterocycles. The Morgan fingerprint density at radius 2 is 1.67 bits per heavy atom. The van der Waals surface area contributed by atoms with E-state index in [0.29, 0.717) is 5.92 Å². The topological polar surface area (TPSA) is 20.2 Å². The standard InChI is InChI=1S/C13H20OSi/c1-15(2,3)12-8-6-11(7-9-12)13(14)10-4-5-10/h6-10,13-14H,4-5H2,1-3H3. The van der Waals surface area contributed by atoms with Crippen LogP contribution in [0.4, 0.5) is 0 Å². The van der Waals surface area contributed by atoms with Crippen molar-refractivity contribution in [3.05, 3.63) is 29.8 Å². The van der Waals surface area contributed by atoms with Crippen LogP contribution in [-0.2, 0) is 0 Å². The average Bonchev–Trinajstić information content (AvgIpc) is 2.99. The van der Waals surface area contributed by atoms with E-state index in [1.54, 1.807) is 0 Å². The minimum absolute atomic E-state index is 0.222. The molecule has 1 aromatic carbocycles. The Morgan fingerprint density at radius 3 is 2.07 bits per heavy atom. The summed E-state index contributed by atoms with van der Waals surface area (Å²) < 4.78 is 0. The molecular weight excluding hydrogens is 200 g/mol. The van der Waals surface area contributed by atoms with Crippen molar-refractivity contribution in [1.82, 2.24) is 0 Å². The molecule has 0 aromatic heterocycles. The molecule has 15 heavy (non-hydrogen) atoms. The van der Waals surface area contributed by atoms with Crippen molar-refractivity contribution in [3.63, 3.8) is 0 Å². The van der Waals surface area contributed by atoms with Crippen molar-refractivity contribution in [2.75, 3.05) is 0 Å². The van der Waals surface area contributed by atoms with Gasteiger partial charge in [-0.2, -0.15) is 0 Å². The molecule has 2 heteroatoms. The van der Waals surface area contributed by atoms with E-state index in [-0.39, 0.29) is 6.10 Å². The van der Waals surface area contributed by atoms with E-state index in [9.17, 15) is 5.11 Å². The smallest absolute Gasteiger partial charge is 0.0818 e. The fraction of sp³-hybridized carbons (Fsp3) is 0.538. The second-order valence-corrected chi connectivity index (χ2v) is 10.7. The van der Waals surface area contributed by atoms with Gasteiger partial charge in [-0.05, 0) is 24.3 Å². The Labute approximate surface area is 93.2 Å². The van der Waals surface area contributed by atoms with Crippen molar-refractivity contribution in [2.24, 2.45) is 5.92 Å². The fourth-order valence-corrected chi connectivity index (χ4v) is 3.03. The van der Waals surface area contributed by atoms with Gasteiger partial charge in [-0.15, -0.1) is 0 Å². The Morgan fingerprint density at radius 1 is 1.13 bits per heavy atom. The largest absolute Gasteiger partial charge is 0.388 e. The highest BCUT2D eigenvalue weighted by atomic mass is 28.3. The third-order valence-electron chi connectivity index (χ3n) is 3.19. The summed E-state index contributed by atoms with van der Waals surface area (Å²) in [5.41, 5.74) is 1.10. The van der Waals surface area contributed by atoms with Gasteiger partial charge in [0, 0.05) is 0 Å². The van der Waals surface area contributed by atoms with E-state index in [0.717, 1.165) is 5.56 Å². The van der Waals surface area contributed by atoms with Gasteiger partial charge in [-0.1, -0.05) is 49.1 Å². The van der Waals surface area contributed by atoms with E-state index in [1.807, 2.05) is 0 Å². The van der Waals surface area contributed by atoms with Gasteiger partial charge < -0.3 is 5.11 Å². The third-order valence-corrected chi connectivity index (χ3v) is 5.25. The number of aliphatic hydroxyl groups excluding tert-OH is 1. The van der Waals surface area contributed by atoms with E-state index < -0.39 is 8.07 Å². The van der Waals surface area contributed by atoms with Crippen molar-refractivity contribution in [3.8, 4) is 0 Å². The molecule has 1 N–H and O–H groups in total. The van der Waals surface area contributed by atoms with Gasteiger partial charge in [0.1, 0.15) is 0 Å². The molecule has 82 valence electrons. The zero-order valence-electron chi connectivity index (χ0n) is 9.83. The molecule has 1 aromatic rings. The molecule has 0 heterocycles. The van der Waals surface area contributed by atoms with E-state index in [2.05, 4.69) is 43.9 Å². The lowest BCUT2D eigenvalue weighted by molar-refractivity contribution is 0.154. The van der Waals surface area contributed by atoms with Gasteiger partial charge in [0.15, 0.2) is 0 Å². The van der Waals surface area contributed by atoms with Crippen LogP contribution < -0.4 is 5.19 Å². The molecular formula is C13H20OSi. The maximum absolute atomic E-state index is 9.97. The number of aliphatic hydroxyl groups is 1. The minimum Gasteiger partial charge on any atom is -0.388 e. The highest BCUT2D eigenvalue weighted by Gasteiger charge is 2.30. The van der Waals surface area contributed by atoms with E-state index in [4.69, 9.17) is 0 Å². The summed E-state index contributed by atoms with van der Waals surface area (Å²) in [5, 5.41) is 11.4. The lowest BCUT2D eigenvalue weighted by Gasteiger charge is -2.18. The van der Waals surface area contributed by atoms with Gasteiger partial charge in [-0.3, -0.25) is 0 Å². The predicted molar refractivity (Wildman–Crippen MR) is 67.1 cm³/mol. The summed E-state index contributed by atoms with van der Waals surface area (Å²) in [6.45, 7) is 7.04. The molecule has 1 aliphatic carbocycles. The molecule has 0 aliphatic heterocycles. The normalized spacial score (nSPS) is 18.9. The van der Waals surface area contributed by atoms with Crippen LogP contribution in [0.1, 0.15) is 24.5 Å². The molecule has 0 spiro atoms. The van der Waals surface area contributed by atoms with Crippen LogP contribution in [0.3, 0.4) is 0 Å². The van der Waals surface area contributed by atoms with Gasteiger partial charge in [0.05, 0.1) is 14.2 Å². The maximum Gasteiger partial charge on any atom is 0.0818 e. The summed E-state index contributed by atoms with van der Waals surface area (Å²) in [7, 11) is -1.18. The summed E-state index contributed by atoms with van der Waals surface area (Å²) in [5.74, 6) is 0.530. The molecule has 1 aliphatic rings. The molecule has 1 nitrogen and oxygen atoms in total. The summed E-state index contributed by atoms with van der Waals surface area (Å²) in [6.07, 6.45) is 2.16. The number of rotatable bonds is 3. The monoisotopic (exact) mass is 220 g/mol. The minimum atomic E-state index is -1.18. The maximum atomic E-state index is 9.97. The van der Waals surface area contributed by atoms with Crippen molar-refractivity contribution >= 4 is 13.3 Å². The van der Waals surface area contributed by atoms with Crippen molar-refractivity contribution < 1.29 is 5.11 Å². The first-order valence-corrected chi connectivity index (χ1v) is 9.27. The van der Waals surface area contributed by atoms with Crippen LogP contribution in [0.2, 0.25) is 19.6 Å². The average molecular weight is 220 g/mol. The second kappa shape index (κ2) is 3.76. The van der Waals surface area contributed by atoms with Crippen molar-refractivity contribution in [2.45, 2.75) is 38.6 Å². The molecule has 1 fully saturated rings. The van der Waals surface area contributed by atoms with Crippen LogP contribution in [0.25, 0.3) is 0 Å². The first-order valence-electron chi connectivity index (χ1n) is 5.77. The van der Waals surface area contributed by atoms with Crippen LogP contribution in [0.15, 0.2) is 24.3 Å². The SMILES string of the molecule is C[Si](C)(C)c1ccc(C(O)C2CC2)cc1. The summed E-state index contributed by atoms with van der Waals surface area (Å²) in [6, 6.07) is 8.62. The molecule has 1 saturated carbocycles. The van der Waals surface area contributed by atoms with Gasteiger partial charge in [0.2, 0.25) is 0 Å². The molecule has 0 amide bonds. The van der Waals surface area contributed by atoms with Crippen LogP contribution >= 0.6 is 0 Å². The summed E-state index contributed by atoms with van der Waals surface area (Å²) in [4.78, 5) is 0. The van der Waals surface area contributed by atoms with Crippen LogP contribution in [0, 0.1) is 5.92 Å². The predicted octanol–water partition coefficient (Wildman–Crippen LogP) is 2.68. The van der Waals surface area contributed by atoms with Crippen LogP contribution in [0.5, 0.6) is 0 Å². The Bertz CT molecular complexity index is 333. The van der Waals surface area contributed by atoms with Crippen LogP contribution in [-0.4, -0.2) is 13.2 Å². The number of hydrogen-bond donors (Lipinski definition) is 1. The first-order chi connectivity index (χ1) is 6.98. The zero-order chi connectivity index (χ0) is 11.1. The van der Waals surface area contributed by atoms with E-state index >= 15 is 0 Å². The first kappa shape index (κ1) is 10.9. The number of hydrogen-bond acceptors (Lipinski definition) is 1. The Hall–Kier alpha value is -0.603. The quantitative estimate of drug-likeness (QED) is 0.777. The molecule has 0 radical (unpaired) electrons. The van der Waals surface area contributed by atoms with Gasteiger partial charge in [-0.25, -0.2) is 0 Å². The zero-order valence-corrected chi connectivity index (χ0v) is 10.8. The lowest BCUT2D eigenvalue weighted by Crippen LogP contribution is -2.37. The molecule has 2 rings (SSSR count). The fourth-order valence-electron chi connectivity index (χ4n) is 1.86. The third kappa shape index (κ3) is 2.50. The van der Waals surface area contributed by atoms with Gasteiger partial charge >= 0.3 is 0 Å². The highest BCUT2D eigenvalue weighted by molar-refractivity contribution is 6.88. The molecule has 1 atom stereocenters. The van der Waals surface area contributed by atoms with Gasteiger partial charge in [0.25, 0.3) is 0 Å². The Balaban J connectivity index is 2.16. The molecule has 1 unspecified atom stereocenters. The molecule has 0 bridgehead atoms. The lowest BCUT2D eigenvalue weighted by atomic mass is 10.1.